The average molecular weight is 373 g/mol. The van der Waals surface area contributed by atoms with Crippen molar-refractivity contribution in [2.24, 2.45) is 0 Å². The van der Waals surface area contributed by atoms with Crippen molar-refractivity contribution in [1.82, 2.24) is 10.2 Å². The van der Waals surface area contributed by atoms with E-state index < -0.39 is 5.97 Å². The summed E-state index contributed by atoms with van der Waals surface area (Å²) in [5.74, 6) is 0.677. The van der Waals surface area contributed by atoms with E-state index >= 15 is 0 Å². The highest BCUT2D eigenvalue weighted by Crippen LogP contribution is 2.21. The molecule has 26 heavy (non-hydrogen) atoms. The molecule has 0 N–H and O–H groups in total. The minimum Gasteiger partial charge on any atom is -0.482 e. The molecular formula is C19H17ClN2O4. The number of aryl methyl sites for hydroxylation is 1. The first kappa shape index (κ1) is 17.9. The fourth-order valence-electron chi connectivity index (χ4n) is 2.22. The lowest BCUT2D eigenvalue weighted by Crippen LogP contribution is -2.15. The predicted molar refractivity (Wildman–Crippen MR) is 96.0 cm³/mol. The van der Waals surface area contributed by atoms with Gasteiger partial charge in [0.25, 0.3) is 5.89 Å². The lowest BCUT2D eigenvalue weighted by atomic mass is 10.1. The quantitative estimate of drug-likeness (QED) is 0.606. The second kappa shape index (κ2) is 8.01. The molecular weight excluding hydrogens is 356 g/mol. The summed E-state index contributed by atoms with van der Waals surface area (Å²) in [5.41, 5.74) is 2.82. The first-order valence-corrected chi connectivity index (χ1v) is 8.33. The van der Waals surface area contributed by atoms with Crippen molar-refractivity contribution in [1.29, 1.82) is 0 Å². The van der Waals surface area contributed by atoms with Gasteiger partial charge in [-0.05, 0) is 55.3 Å². The van der Waals surface area contributed by atoms with Gasteiger partial charge >= 0.3 is 5.97 Å². The van der Waals surface area contributed by atoms with E-state index in [4.69, 9.17) is 25.5 Å². The van der Waals surface area contributed by atoms with E-state index in [1.165, 1.54) is 0 Å². The summed E-state index contributed by atoms with van der Waals surface area (Å²) in [5, 5.41) is 8.41. The largest absolute Gasteiger partial charge is 0.482 e. The number of hydrogen-bond donors (Lipinski definition) is 0. The third-order valence-corrected chi connectivity index (χ3v) is 4.07. The lowest BCUT2D eigenvalue weighted by Gasteiger charge is -2.10. The van der Waals surface area contributed by atoms with Crippen LogP contribution in [0.3, 0.4) is 0 Å². The molecule has 3 aromatic rings. The van der Waals surface area contributed by atoms with E-state index in [0.717, 1.165) is 16.7 Å². The van der Waals surface area contributed by atoms with Gasteiger partial charge in [-0.15, -0.1) is 10.2 Å². The van der Waals surface area contributed by atoms with Crippen LogP contribution in [0.2, 0.25) is 5.02 Å². The first-order chi connectivity index (χ1) is 12.5. The molecule has 0 saturated carbocycles. The molecule has 2 aromatic carbocycles. The fraction of sp³-hybridized carbons (Fsp3) is 0.211. The third-order valence-electron chi connectivity index (χ3n) is 3.82. The van der Waals surface area contributed by atoms with Gasteiger partial charge in [0.05, 0.1) is 0 Å². The molecule has 0 spiro atoms. The highest BCUT2D eigenvalue weighted by Gasteiger charge is 2.12. The van der Waals surface area contributed by atoms with Crippen LogP contribution < -0.4 is 4.74 Å². The van der Waals surface area contributed by atoms with Gasteiger partial charge < -0.3 is 13.9 Å². The van der Waals surface area contributed by atoms with Crippen LogP contribution >= 0.6 is 11.6 Å². The molecule has 7 heteroatoms. The summed E-state index contributed by atoms with van der Waals surface area (Å²) >= 11 is 5.85. The molecule has 0 aliphatic heterocycles. The molecule has 134 valence electrons. The number of nitrogens with zero attached hydrogens (tertiary/aromatic N) is 2. The van der Waals surface area contributed by atoms with Gasteiger partial charge in [-0.1, -0.05) is 23.7 Å². The Kier molecular flexibility index (Phi) is 5.53. The summed E-state index contributed by atoms with van der Waals surface area (Å²) < 4.78 is 16.1. The van der Waals surface area contributed by atoms with Crippen LogP contribution in [0.1, 0.15) is 17.0 Å². The summed E-state index contributed by atoms with van der Waals surface area (Å²) in [4.78, 5) is 11.8. The van der Waals surface area contributed by atoms with Crippen molar-refractivity contribution in [2.45, 2.75) is 20.5 Å². The fourth-order valence-corrected chi connectivity index (χ4v) is 2.35. The standard InChI is InChI=1S/C19H17ClN2O4/c1-12-4-3-5-16(13(12)2)24-11-18(23)25-10-17-21-22-19(26-17)14-6-8-15(20)9-7-14/h3-9H,10-11H2,1-2H3. The zero-order valence-electron chi connectivity index (χ0n) is 14.4. The number of rotatable bonds is 6. The van der Waals surface area contributed by atoms with Crippen LogP contribution in [0.4, 0.5) is 0 Å². The Labute approximate surface area is 155 Å². The molecule has 0 bridgehead atoms. The summed E-state index contributed by atoms with van der Waals surface area (Å²) in [6.07, 6.45) is 0. The van der Waals surface area contributed by atoms with Crippen LogP contribution in [0.5, 0.6) is 5.75 Å². The normalized spacial score (nSPS) is 10.6. The lowest BCUT2D eigenvalue weighted by molar-refractivity contribution is -0.148. The molecule has 3 rings (SSSR count). The van der Waals surface area contributed by atoms with Crippen molar-refractivity contribution in [2.75, 3.05) is 6.61 Å². The Hall–Kier alpha value is -2.86. The molecule has 1 heterocycles. The van der Waals surface area contributed by atoms with Crippen molar-refractivity contribution < 1.29 is 18.7 Å². The maximum Gasteiger partial charge on any atom is 0.344 e. The molecule has 6 nitrogen and oxygen atoms in total. The highest BCUT2D eigenvalue weighted by molar-refractivity contribution is 6.30. The molecule has 1 aromatic heterocycles. The Morgan fingerprint density at radius 1 is 1.12 bits per heavy atom. The maximum absolute atomic E-state index is 11.8. The Balaban J connectivity index is 1.52. The Morgan fingerprint density at radius 3 is 2.65 bits per heavy atom. The highest BCUT2D eigenvalue weighted by atomic mass is 35.5. The van der Waals surface area contributed by atoms with Crippen LogP contribution in [0, 0.1) is 13.8 Å². The number of carbonyl (C=O) groups excluding carboxylic acids is 1. The topological polar surface area (TPSA) is 74.5 Å². The van der Waals surface area contributed by atoms with Gasteiger partial charge in [-0.2, -0.15) is 0 Å². The summed E-state index contributed by atoms with van der Waals surface area (Å²) in [6.45, 7) is 3.61. The second-order valence-electron chi connectivity index (χ2n) is 5.66. The van der Waals surface area contributed by atoms with Crippen molar-refractivity contribution >= 4 is 17.6 Å². The van der Waals surface area contributed by atoms with Gasteiger partial charge in [0, 0.05) is 10.6 Å². The number of ether oxygens (including phenoxy) is 2. The number of aromatic nitrogens is 2. The van der Waals surface area contributed by atoms with E-state index in [-0.39, 0.29) is 19.1 Å². The van der Waals surface area contributed by atoms with E-state index in [1.54, 1.807) is 24.3 Å². The second-order valence-corrected chi connectivity index (χ2v) is 6.09. The number of esters is 1. The SMILES string of the molecule is Cc1cccc(OCC(=O)OCc2nnc(-c3ccc(Cl)cc3)o2)c1C. The smallest absolute Gasteiger partial charge is 0.344 e. The van der Waals surface area contributed by atoms with Gasteiger partial charge in [0.15, 0.2) is 13.2 Å². The minimum absolute atomic E-state index is 0.115. The number of carbonyl (C=O) groups is 1. The van der Waals surface area contributed by atoms with Crippen molar-refractivity contribution in [3.63, 3.8) is 0 Å². The van der Waals surface area contributed by atoms with Gasteiger partial charge in [0.1, 0.15) is 5.75 Å². The molecule has 0 atom stereocenters. The van der Waals surface area contributed by atoms with Crippen LogP contribution in [0.25, 0.3) is 11.5 Å². The van der Waals surface area contributed by atoms with Crippen molar-refractivity contribution in [3.05, 3.63) is 64.5 Å². The average Bonchev–Trinajstić information content (AvgIpc) is 3.11. The molecule has 0 unspecified atom stereocenters. The predicted octanol–water partition coefficient (Wildman–Crippen LogP) is 4.13. The van der Waals surface area contributed by atoms with Crippen LogP contribution in [0.15, 0.2) is 46.9 Å². The Bertz CT molecular complexity index is 906. The molecule has 0 radical (unpaired) electrons. The zero-order valence-corrected chi connectivity index (χ0v) is 15.1. The van der Waals surface area contributed by atoms with E-state index in [2.05, 4.69) is 10.2 Å². The minimum atomic E-state index is -0.517. The molecule has 0 fully saturated rings. The van der Waals surface area contributed by atoms with Gasteiger partial charge in [-0.25, -0.2) is 4.79 Å². The van der Waals surface area contributed by atoms with E-state index in [1.807, 2.05) is 32.0 Å². The first-order valence-electron chi connectivity index (χ1n) is 7.96. The molecule has 0 amide bonds. The zero-order chi connectivity index (χ0) is 18.5. The number of halogens is 1. The number of benzene rings is 2. The van der Waals surface area contributed by atoms with Gasteiger partial charge in [0.2, 0.25) is 5.89 Å². The van der Waals surface area contributed by atoms with Crippen LogP contribution in [-0.2, 0) is 16.1 Å². The van der Waals surface area contributed by atoms with Gasteiger partial charge in [-0.3, -0.25) is 0 Å². The van der Waals surface area contributed by atoms with E-state index in [9.17, 15) is 4.79 Å². The summed E-state index contributed by atoms with van der Waals surface area (Å²) in [7, 11) is 0. The maximum atomic E-state index is 11.8. The molecule has 0 aliphatic carbocycles. The van der Waals surface area contributed by atoms with Crippen LogP contribution in [-0.4, -0.2) is 22.8 Å². The molecule has 0 aliphatic rings. The Morgan fingerprint density at radius 2 is 1.88 bits per heavy atom. The molecule has 0 saturated heterocycles. The third kappa shape index (κ3) is 4.40. The summed E-state index contributed by atoms with van der Waals surface area (Å²) in [6, 6.07) is 12.7. The monoisotopic (exact) mass is 372 g/mol. The number of hydrogen-bond acceptors (Lipinski definition) is 6. The van der Waals surface area contributed by atoms with Crippen molar-refractivity contribution in [3.8, 4) is 17.2 Å². The van der Waals surface area contributed by atoms with E-state index in [0.29, 0.717) is 16.7 Å².